The summed E-state index contributed by atoms with van der Waals surface area (Å²) in [5, 5.41) is 14.6. The topological polar surface area (TPSA) is 118 Å². The van der Waals surface area contributed by atoms with Crippen LogP contribution >= 0.6 is 0 Å². The van der Waals surface area contributed by atoms with Gasteiger partial charge >= 0.3 is 12.1 Å². The van der Waals surface area contributed by atoms with E-state index in [1.54, 1.807) is 12.1 Å². The second-order valence-corrected chi connectivity index (χ2v) is 8.87. The number of nitrogens with zero attached hydrogens (tertiary/aromatic N) is 1. The van der Waals surface area contributed by atoms with Gasteiger partial charge in [0, 0.05) is 18.2 Å². The van der Waals surface area contributed by atoms with E-state index in [2.05, 4.69) is 27.8 Å². The van der Waals surface area contributed by atoms with Gasteiger partial charge in [-0.15, -0.1) is 0 Å². The molecule has 0 saturated heterocycles. The van der Waals surface area contributed by atoms with Gasteiger partial charge in [-0.1, -0.05) is 48.5 Å². The Morgan fingerprint density at radius 3 is 2.29 bits per heavy atom. The normalized spacial score (nSPS) is 18.4. The average Bonchev–Trinajstić information content (AvgIpc) is 3.46. The lowest BCUT2D eigenvalue weighted by Crippen LogP contribution is -2.34. The highest BCUT2D eigenvalue weighted by molar-refractivity contribution is 6.01. The standard InChI is InChI=1S/C27H25N3O5/c31-25(29-17-12-11-16(14-17)26(32)33)24-23(10-5-13-28-24)30-27(34)35-15-22-20-8-3-1-6-18(20)19-7-2-4-9-21(19)22/h1-10,13,16-17,22H,11-12,14-15H2,(H,29,31)(H,30,34)(H,32,33). The predicted octanol–water partition coefficient (Wildman–Crippen LogP) is 4.43. The first-order chi connectivity index (χ1) is 17.0. The van der Waals surface area contributed by atoms with Crippen LogP contribution in [-0.2, 0) is 9.53 Å². The van der Waals surface area contributed by atoms with Crippen molar-refractivity contribution in [2.24, 2.45) is 5.92 Å². The molecule has 0 aliphatic heterocycles. The molecule has 2 aromatic carbocycles. The van der Waals surface area contributed by atoms with Gasteiger partial charge in [0.1, 0.15) is 6.61 Å². The van der Waals surface area contributed by atoms with Crippen molar-refractivity contribution in [2.75, 3.05) is 11.9 Å². The van der Waals surface area contributed by atoms with Crippen LogP contribution in [0.4, 0.5) is 10.5 Å². The molecule has 178 valence electrons. The predicted molar refractivity (Wildman–Crippen MR) is 129 cm³/mol. The Morgan fingerprint density at radius 1 is 0.943 bits per heavy atom. The molecule has 3 N–H and O–H groups in total. The molecule has 5 rings (SSSR count). The first kappa shape index (κ1) is 22.6. The fourth-order valence-electron chi connectivity index (χ4n) is 5.02. The molecule has 2 atom stereocenters. The fourth-order valence-corrected chi connectivity index (χ4v) is 5.02. The van der Waals surface area contributed by atoms with E-state index in [-0.39, 0.29) is 29.9 Å². The maximum atomic E-state index is 12.8. The van der Waals surface area contributed by atoms with Crippen molar-refractivity contribution in [3.8, 4) is 11.1 Å². The van der Waals surface area contributed by atoms with Crippen molar-refractivity contribution in [3.63, 3.8) is 0 Å². The van der Waals surface area contributed by atoms with Crippen LogP contribution in [0.15, 0.2) is 66.9 Å². The monoisotopic (exact) mass is 471 g/mol. The lowest BCUT2D eigenvalue weighted by Gasteiger charge is -2.16. The molecule has 3 aromatic rings. The highest BCUT2D eigenvalue weighted by atomic mass is 16.5. The molecule has 8 heteroatoms. The van der Waals surface area contributed by atoms with Crippen LogP contribution in [0.5, 0.6) is 0 Å². The zero-order chi connectivity index (χ0) is 24.4. The number of carboxylic acid groups (broad SMARTS) is 1. The number of carboxylic acids is 1. The number of hydrogen-bond donors (Lipinski definition) is 3. The number of pyridine rings is 1. The molecular weight excluding hydrogens is 446 g/mol. The molecule has 0 radical (unpaired) electrons. The van der Waals surface area contributed by atoms with Crippen molar-refractivity contribution < 1.29 is 24.2 Å². The number of carbonyl (C=O) groups is 3. The fraction of sp³-hybridized carbons (Fsp3) is 0.259. The van der Waals surface area contributed by atoms with E-state index in [9.17, 15) is 19.5 Å². The maximum absolute atomic E-state index is 12.8. The van der Waals surface area contributed by atoms with Gasteiger partial charge in [-0.2, -0.15) is 0 Å². The first-order valence-corrected chi connectivity index (χ1v) is 11.6. The third-order valence-electron chi connectivity index (χ3n) is 6.72. The Labute approximate surface area is 202 Å². The van der Waals surface area contributed by atoms with E-state index >= 15 is 0 Å². The third kappa shape index (κ3) is 4.59. The number of aliphatic carboxylic acids is 1. The second kappa shape index (κ2) is 9.58. The van der Waals surface area contributed by atoms with Crippen LogP contribution in [0.1, 0.15) is 46.8 Å². The number of aromatic nitrogens is 1. The second-order valence-electron chi connectivity index (χ2n) is 8.87. The minimum Gasteiger partial charge on any atom is -0.481 e. The van der Waals surface area contributed by atoms with Crippen LogP contribution in [0, 0.1) is 5.92 Å². The minimum absolute atomic E-state index is 0.0554. The maximum Gasteiger partial charge on any atom is 0.411 e. The third-order valence-corrected chi connectivity index (χ3v) is 6.72. The smallest absolute Gasteiger partial charge is 0.411 e. The summed E-state index contributed by atoms with van der Waals surface area (Å²) in [6, 6.07) is 19.1. The average molecular weight is 472 g/mol. The number of amides is 2. The van der Waals surface area contributed by atoms with E-state index in [0.717, 1.165) is 22.3 Å². The molecule has 2 aliphatic carbocycles. The lowest BCUT2D eigenvalue weighted by molar-refractivity contribution is -0.141. The Morgan fingerprint density at radius 2 is 1.63 bits per heavy atom. The van der Waals surface area contributed by atoms with Crippen molar-refractivity contribution in [1.29, 1.82) is 0 Å². The number of nitrogens with one attached hydrogen (secondary N) is 2. The molecular formula is C27H25N3O5. The SMILES string of the molecule is O=C(Nc1cccnc1C(=O)NC1CCC(C(=O)O)C1)OCC1c2ccccc2-c2ccccc21. The number of fused-ring (bicyclic) bond motifs is 3. The van der Waals surface area contributed by atoms with Gasteiger partial charge in [-0.3, -0.25) is 14.9 Å². The summed E-state index contributed by atoms with van der Waals surface area (Å²) in [4.78, 5) is 40.8. The van der Waals surface area contributed by atoms with E-state index in [1.807, 2.05) is 36.4 Å². The van der Waals surface area contributed by atoms with Gasteiger partial charge in [0.2, 0.25) is 0 Å². The quantitative estimate of drug-likeness (QED) is 0.490. The Balaban J connectivity index is 1.24. The largest absolute Gasteiger partial charge is 0.481 e. The molecule has 1 saturated carbocycles. The molecule has 2 amide bonds. The van der Waals surface area contributed by atoms with E-state index in [4.69, 9.17) is 4.74 Å². The number of benzene rings is 2. The number of carbonyl (C=O) groups excluding carboxylic acids is 2. The molecule has 1 heterocycles. The minimum atomic E-state index is -0.850. The number of ether oxygens (including phenoxy) is 1. The number of rotatable bonds is 6. The number of hydrogen-bond acceptors (Lipinski definition) is 5. The number of anilines is 1. The summed E-state index contributed by atoms with van der Waals surface area (Å²) in [6.45, 7) is 0.153. The van der Waals surface area contributed by atoms with Gasteiger partial charge in [-0.05, 0) is 53.6 Å². The summed E-state index contributed by atoms with van der Waals surface area (Å²) in [7, 11) is 0. The molecule has 0 spiro atoms. The first-order valence-electron chi connectivity index (χ1n) is 11.6. The van der Waals surface area contributed by atoms with Crippen LogP contribution in [0.25, 0.3) is 11.1 Å². The lowest BCUT2D eigenvalue weighted by atomic mass is 9.98. The summed E-state index contributed by atoms with van der Waals surface area (Å²) in [6.07, 6.45) is 2.27. The Bertz CT molecular complexity index is 1250. The van der Waals surface area contributed by atoms with Gasteiger partial charge in [0.15, 0.2) is 5.69 Å². The van der Waals surface area contributed by atoms with Crippen molar-refractivity contribution in [1.82, 2.24) is 10.3 Å². The van der Waals surface area contributed by atoms with Gasteiger partial charge in [-0.25, -0.2) is 9.78 Å². The van der Waals surface area contributed by atoms with Gasteiger partial charge in [0.05, 0.1) is 11.6 Å². The van der Waals surface area contributed by atoms with Crippen LogP contribution < -0.4 is 10.6 Å². The van der Waals surface area contributed by atoms with Crippen LogP contribution in [0.3, 0.4) is 0 Å². The highest BCUT2D eigenvalue weighted by Gasteiger charge is 2.32. The van der Waals surface area contributed by atoms with E-state index in [1.165, 1.54) is 6.20 Å². The molecule has 8 nitrogen and oxygen atoms in total. The van der Waals surface area contributed by atoms with E-state index < -0.39 is 23.9 Å². The molecule has 35 heavy (non-hydrogen) atoms. The Kier molecular flexibility index (Phi) is 6.18. The summed E-state index contributed by atoms with van der Waals surface area (Å²) in [5.41, 5.74) is 4.79. The summed E-state index contributed by atoms with van der Waals surface area (Å²) < 4.78 is 5.58. The highest BCUT2D eigenvalue weighted by Crippen LogP contribution is 2.44. The van der Waals surface area contributed by atoms with Crippen LogP contribution in [-0.4, -0.2) is 40.7 Å². The van der Waals surface area contributed by atoms with Crippen molar-refractivity contribution in [2.45, 2.75) is 31.2 Å². The molecule has 1 fully saturated rings. The zero-order valence-electron chi connectivity index (χ0n) is 18.9. The molecule has 2 unspecified atom stereocenters. The van der Waals surface area contributed by atoms with E-state index in [0.29, 0.717) is 19.3 Å². The van der Waals surface area contributed by atoms with Crippen molar-refractivity contribution >= 4 is 23.7 Å². The summed E-state index contributed by atoms with van der Waals surface area (Å²) >= 11 is 0. The van der Waals surface area contributed by atoms with Gasteiger partial charge < -0.3 is 15.2 Å². The zero-order valence-corrected chi connectivity index (χ0v) is 18.9. The van der Waals surface area contributed by atoms with Crippen molar-refractivity contribution in [3.05, 3.63) is 83.7 Å². The summed E-state index contributed by atoms with van der Waals surface area (Å²) in [5.74, 6) is -1.84. The van der Waals surface area contributed by atoms with Gasteiger partial charge in [0.25, 0.3) is 5.91 Å². The Hall–Kier alpha value is -4.20. The van der Waals surface area contributed by atoms with Crippen LogP contribution in [0.2, 0.25) is 0 Å². The molecule has 2 aliphatic rings. The molecule has 1 aromatic heterocycles. The molecule has 0 bridgehead atoms.